The molecule has 0 aromatic rings. The largest absolute Gasteiger partial charge is 0.381 e. The summed E-state index contributed by atoms with van der Waals surface area (Å²) in [6, 6.07) is 0. The molecule has 4 nitrogen and oxygen atoms in total. The predicted molar refractivity (Wildman–Crippen MR) is 58.6 cm³/mol. The van der Waals surface area contributed by atoms with Crippen molar-refractivity contribution in [2.24, 2.45) is 4.99 Å². The van der Waals surface area contributed by atoms with Crippen LogP contribution in [0, 0.1) is 0 Å². The van der Waals surface area contributed by atoms with Gasteiger partial charge in [-0.2, -0.15) is 0 Å². The van der Waals surface area contributed by atoms with Gasteiger partial charge in [-0.05, 0) is 19.3 Å². The summed E-state index contributed by atoms with van der Waals surface area (Å²) in [6.45, 7) is 3.91. The Labute approximate surface area is 86.1 Å². The van der Waals surface area contributed by atoms with Crippen LogP contribution in [0.1, 0.15) is 26.2 Å². The summed E-state index contributed by atoms with van der Waals surface area (Å²) >= 11 is 0. The van der Waals surface area contributed by atoms with E-state index in [9.17, 15) is 0 Å². The van der Waals surface area contributed by atoms with Crippen LogP contribution in [0.4, 0.5) is 0 Å². The van der Waals surface area contributed by atoms with Crippen LogP contribution in [0.15, 0.2) is 4.99 Å². The Morgan fingerprint density at radius 2 is 2.07 bits per heavy atom. The molecule has 0 aromatic carbocycles. The van der Waals surface area contributed by atoms with Crippen molar-refractivity contribution in [3.05, 3.63) is 0 Å². The molecule has 1 saturated heterocycles. The SMILES string of the molecule is CCC1(NC(=NC)NC)CCOCC1. The van der Waals surface area contributed by atoms with E-state index in [0.29, 0.717) is 0 Å². The maximum absolute atomic E-state index is 5.38. The van der Waals surface area contributed by atoms with E-state index < -0.39 is 0 Å². The van der Waals surface area contributed by atoms with Gasteiger partial charge in [0.2, 0.25) is 0 Å². The summed E-state index contributed by atoms with van der Waals surface area (Å²) in [5.74, 6) is 0.869. The average Bonchev–Trinajstić information content (AvgIpc) is 2.27. The van der Waals surface area contributed by atoms with Gasteiger partial charge in [0.05, 0.1) is 0 Å². The zero-order chi connectivity index (χ0) is 10.4. The van der Waals surface area contributed by atoms with Gasteiger partial charge in [0.1, 0.15) is 0 Å². The lowest BCUT2D eigenvalue weighted by Crippen LogP contribution is -2.54. The van der Waals surface area contributed by atoms with E-state index in [1.165, 1.54) is 0 Å². The Balaban J connectivity index is 2.59. The van der Waals surface area contributed by atoms with E-state index >= 15 is 0 Å². The third-order valence-corrected chi connectivity index (χ3v) is 2.97. The molecule has 1 heterocycles. The van der Waals surface area contributed by atoms with E-state index in [2.05, 4.69) is 22.5 Å². The molecule has 82 valence electrons. The second-order valence-corrected chi connectivity index (χ2v) is 3.69. The van der Waals surface area contributed by atoms with E-state index in [-0.39, 0.29) is 5.54 Å². The fourth-order valence-electron chi connectivity index (χ4n) is 1.81. The minimum absolute atomic E-state index is 0.177. The van der Waals surface area contributed by atoms with Crippen LogP contribution in [-0.2, 0) is 4.74 Å². The Kier molecular flexibility index (Phi) is 4.20. The first-order valence-corrected chi connectivity index (χ1v) is 5.27. The summed E-state index contributed by atoms with van der Waals surface area (Å²) in [6.07, 6.45) is 3.23. The Morgan fingerprint density at radius 3 is 2.50 bits per heavy atom. The van der Waals surface area contributed by atoms with Crippen molar-refractivity contribution in [2.75, 3.05) is 27.3 Å². The number of nitrogens with zero attached hydrogens (tertiary/aromatic N) is 1. The second kappa shape index (κ2) is 5.20. The predicted octanol–water partition coefficient (Wildman–Crippen LogP) is 0.740. The molecule has 4 heteroatoms. The van der Waals surface area contributed by atoms with Crippen LogP contribution in [0.5, 0.6) is 0 Å². The Bertz CT molecular complexity index is 198. The molecule has 0 spiro atoms. The molecule has 0 unspecified atom stereocenters. The summed E-state index contributed by atoms with van der Waals surface area (Å²) < 4.78 is 5.38. The number of hydrogen-bond donors (Lipinski definition) is 2. The lowest BCUT2D eigenvalue weighted by atomic mass is 9.87. The van der Waals surface area contributed by atoms with Crippen LogP contribution < -0.4 is 10.6 Å². The van der Waals surface area contributed by atoms with Gasteiger partial charge < -0.3 is 15.4 Å². The van der Waals surface area contributed by atoms with E-state index in [1.54, 1.807) is 7.05 Å². The minimum Gasteiger partial charge on any atom is -0.381 e. The van der Waals surface area contributed by atoms with Crippen molar-refractivity contribution in [3.63, 3.8) is 0 Å². The molecule has 0 amide bonds. The molecule has 1 aliphatic rings. The van der Waals surface area contributed by atoms with Gasteiger partial charge in [-0.15, -0.1) is 0 Å². The van der Waals surface area contributed by atoms with Gasteiger partial charge >= 0.3 is 0 Å². The zero-order valence-corrected chi connectivity index (χ0v) is 9.39. The van der Waals surface area contributed by atoms with Crippen molar-refractivity contribution in [2.45, 2.75) is 31.7 Å². The summed E-state index contributed by atoms with van der Waals surface area (Å²) in [5.41, 5.74) is 0.177. The maximum Gasteiger partial charge on any atom is 0.191 e. The monoisotopic (exact) mass is 199 g/mol. The highest BCUT2D eigenvalue weighted by molar-refractivity contribution is 5.80. The van der Waals surface area contributed by atoms with Crippen molar-refractivity contribution in [3.8, 4) is 0 Å². The van der Waals surface area contributed by atoms with Crippen LogP contribution >= 0.6 is 0 Å². The normalized spacial score (nSPS) is 21.8. The number of aliphatic imine (C=N–C) groups is 1. The highest BCUT2D eigenvalue weighted by atomic mass is 16.5. The van der Waals surface area contributed by atoms with Gasteiger partial charge in [0.15, 0.2) is 5.96 Å². The van der Waals surface area contributed by atoms with E-state index in [4.69, 9.17) is 4.74 Å². The lowest BCUT2D eigenvalue weighted by molar-refractivity contribution is 0.0439. The Morgan fingerprint density at radius 1 is 1.43 bits per heavy atom. The topological polar surface area (TPSA) is 45.7 Å². The van der Waals surface area contributed by atoms with Crippen LogP contribution in [0.25, 0.3) is 0 Å². The van der Waals surface area contributed by atoms with Crippen LogP contribution in [0.2, 0.25) is 0 Å². The first-order valence-electron chi connectivity index (χ1n) is 5.27. The van der Waals surface area contributed by atoms with Gasteiger partial charge in [-0.1, -0.05) is 6.92 Å². The second-order valence-electron chi connectivity index (χ2n) is 3.69. The van der Waals surface area contributed by atoms with Crippen molar-refractivity contribution >= 4 is 5.96 Å². The molecule has 0 aliphatic carbocycles. The molecular weight excluding hydrogens is 178 g/mol. The van der Waals surface area contributed by atoms with E-state index in [0.717, 1.165) is 38.4 Å². The first-order chi connectivity index (χ1) is 6.76. The van der Waals surface area contributed by atoms with Crippen LogP contribution in [0.3, 0.4) is 0 Å². The lowest BCUT2D eigenvalue weighted by Gasteiger charge is -2.38. The molecule has 2 N–H and O–H groups in total. The van der Waals surface area contributed by atoms with Gasteiger partial charge in [-0.3, -0.25) is 4.99 Å². The molecule has 0 aromatic heterocycles. The molecule has 1 fully saturated rings. The van der Waals surface area contributed by atoms with Gasteiger partial charge in [-0.25, -0.2) is 0 Å². The number of rotatable bonds is 2. The molecular formula is C10H21N3O. The first kappa shape index (κ1) is 11.3. The zero-order valence-electron chi connectivity index (χ0n) is 9.39. The molecule has 1 rings (SSSR count). The van der Waals surface area contributed by atoms with Gasteiger partial charge in [0.25, 0.3) is 0 Å². The summed E-state index contributed by atoms with van der Waals surface area (Å²) in [5, 5.41) is 6.53. The molecule has 0 bridgehead atoms. The van der Waals surface area contributed by atoms with Crippen molar-refractivity contribution in [1.29, 1.82) is 0 Å². The van der Waals surface area contributed by atoms with Gasteiger partial charge in [0, 0.05) is 32.8 Å². The quantitative estimate of drug-likeness (QED) is 0.509. The number of guanidine groups is 1. The minimum atomic E-state index is 0.177. The van der Waals surface area contributed by atoms with Crippen LogP contribution in [-0.4, -0.2) is 38.8 Å². The highest BCUT2D eigenvalue weighted by Gasteiger charge is 2.31. The Hall–Kier alpha value is -0.770. The number of ether oxygens (including phenoxy) is 1. The highest BCUT2D eigenvalue weighted by Crippen LogP contribution is 2.23. The molecule has 14 heavy (non-hydrogen) atoms. The standard InChI is InChI=1S/C10H21N3O/c1-4-10(5-7-14-8-6-10)13-9(11-2)12-3/h4-8H2,1-3H3,(H2,11,12,13). The summed E-state index contributed by atoms with van der Waals surface area (Å²) in [4.78, 5) is 4.15. The fraction of sp³-hybridized carbons (Fsp3) is 0.900. The molecule has 0 radical (unpaired) electrons. The molecule has 0 saturated carbocycles. The third-order valence-electron chi connectivity index (χ3n) is 2.97. The van der Waals surface area contributed by atoms with E-state index in [1.807, 2.05) is 7.05 Å². The average molecular weight is 199 g/mol. The maximum atomic E-state index is 5.38. The molecule has 0 atom stereocenters. The smallest absolute Gasteiger partial charge is 0.191 e. The van der Waals surface area contributed by atoms with Crippen molar-refractivity contribution < 1.29 is 4.74 Å². The van der Waals surface area contributed by atoms with Crippen molar-refractivity contribution in [1.82, 2.24) is 10.6 Å². The molecule has 1 aliphatic heterocycles. The summed E-state index contributed by atoms with van der Waals surface area (Å²) in [7, 11) is 3.68. The fourth-order valence-corrected chi connectivity index (χ4v) is 1.81. The number of nitrogens with one attached hydrogen (secondary N) is 2. The number of hydrogen-bond acceptors (Lipinski definition) is 2. The third kappa shape index (κ3) is 2.61.